The molecular formula is C22H23ClN2O4. The Morgan fingerprint density at radius 2 is 1.97 bits per heavy atom. The minimum atomic E-state index is -0.501. The molecule has 2 aliphatic rings. The summed E-state index contributed by atoms with van der Waals surface area (Å²) in [5.41, 5.74) is 1.76. The molecule has 0 bridgehead atoms. The number of likely N-dealkylation sites (tertiary alicyclic amines) is 1. The topological polar surface area (TPSA) is 67.9 Å². The Bertz CT molecular complexity index is 933. The van der Waals surface area contributed by atoms with Crippen LogP contribution < -0.4 is 14.8 Å². The van der Waals surface area contributed by atoms with Crippen molar-refractivity contribution in [2.24, 2.45) is 0 Å². The molecular weight excluding hydrogens is 392 g/mol. The first kappa shape index (κ1) is 19.6. The average Bonchev–Trinajstić information content (AvgIpc) is 3.09. The van der Waals surface area contributed by atoms with Gasteiger partial charge in [-0.2, -0.15) is 0 Å². The first-order chi connectivity index (χ1) is 14.0. The number of rotatable bonds is 5. The molecule has 0 radical (unpaired) electrons. The van der Waals surface area contributed by atoms with Crippen LogP contribution in [0.5, 0.6) is 11.5 Å². The molecule has 2 heterocycles. The minimum Gasteiger partial charge on any atom is -0.486 e. The first-order valence-electron chi connectivity index (χ1n) is 9.75. The van der Waals surface area contributed by atoms with Gasteiger partial charge in [-0.3, -0.25) is 9.59 Å². The second-order valence-corrected chi connectivity index (χ2v) is 7.71. The van der Waals surface area contributed by atoms with Crippen LogP contribution in [0, 0.1) is 0 Å². The molecule has 2 aromatic rings. The van der Waals surface area contributed by atoms with Crippen molar-refractivity contribution in [1.82, 2.24) is 10.2 Å². The van der Waals surface area contributed by atoms with E-state index in [1.54, 1.807) is 11.0 Å². The number of hydrogen-bond acceptors (Lipinski definition) is 4. The van der Waals surface area contributed by atoms with Crippen molar-refractivity contribution in [3.8, 4) is 11.5 Å². The number of ether oxygens (including phenoxy) is 2. The summed E-state index contributed by atoms with van der Waals surface area (Å²) in [6, 6.07) is 12.3. The maximum absolute atomic E-state index is 13.0. The third-order valence-electron chi connectivity index (χ3n) is 5.35. The number of halogens is 1. The highest BCUT2D eigenvalue weighted by Crippen LogP contribution is 2.33. The number of nitrogens with one attached hydrogen (secondary N) is 1. The Morgan fingerprint density at radius 3 is 2.76 bits per heavy atom. The molecule has 0 aliphatic carbocycles. The van der Waals surface area contributed by atoms with Crippen LogP contribution in [0.2, 0.25) is 5.02 Å². The van der Waals surface area contributed by atoms with E-state index in [4.69, 9.17) is 21.1 Å². The van der Waals surface area contributed by atoms with E-state index in [0.29, 0.717) is 49.1 Å². The van der Waals surface area contributed by atoms with Crippen LogP contribution in [0.4, 0.5) is 0 Å². The molecule has 2 amide bonds. The van der Waals surface area contributed by atoms with Crippen molar-refractivity contribution in [2.45, 2.75) is 38.4 Å². The van der Waals surface area contributed by atoms with Crippen molar-refractivity contribution in [3.05, 3.63) is 58.6 Å². The number of hydrogen-bond donors (Lipinski definition) is 1. The summed E-state index contributed by atoms with van der Waals surface area (Å²) < 4.78 is 11.2. The molecule has 1 saturated heterocycles. The highest BCUT2D eigenvalue weighted by molar-refractivity contribution is 6.31. The first-order valence-corrected chi connectivity index (χ1v) is 10.1. The van der Waals surface area contributed by atoms with E-state index < -0.39 is 6.04 Å². The Morgan fingerprint density at radius 1 is 1.21 bits per heavy atom. The smallest absolute Gasteiger partial charge is 0.243 e. The summed E-state index contributed by atoms with van der Waals surface area (Å²) in [6.07, 6.45) is 0.865. The predicted molar refractivity (Wildman–Crippen MR) is 109 cm³/mol. The molecule has 29 heavy (non-hydrogen) atoms. The number of nitrogens with zero attached hydrogens (tertiary/aromatic N) is 1. The van der Waals surface area contributed by atoms with Gasteiger partial charge in [0.1, 0.15) is 19.3 Å². The van der Waals surface area contributed by atoms with E-state index in [2.05, 4.69) is 5.32 Å². The second kappa shape index (κ2) is 8.33. The Kier molecular flexibility index (Phi) is 5.62. The number of carbonyl (C=O) groups is 2. The quantitative estimate of drug-likeness (QED) is 0.813. The Labute approximate surface area is 174 Å². The van der Waals surface area contributed by atoms with E-state index in [9.17, 15) is 9.59 Å². The highest BCUT2D eigenvalue weighted by atomic mass is 35.5. The van der Waals surface area contributed by atoms with Gasteiger partial charge in [0.15, 0.2) is 11.5 Å². The third kappa shape index (κ3) is 4.17. The monoisotopic (exact) mass is 414 g/mol. The summed E-state index contributed by atoms with van der Waals surface area (Å²) in [4.78, 5) is 27.0. The highest BCUT2D eigenvalue weighted by Gasteiger charge is 2.36. The molecule has 2 aliphatic heterocycles. The molecule has 152 valence electrons. The van der Waals surface area contributed by atoms with Crippen molar-refractivity contribution >= 4 is 23.4 Å². The summed E-state index contributed by atoms with van der Waals surface area (Å²) in [6.45, 7) is 3.29. The number of amides is 2. The lowest BCUT2D eigenvalue weighted by Gasteiger charge is -2.26. The zero-order valence-corrected chi connectivity index (χ0v) is 16.9. The molecule has 0 aromatic heterocycles. The molecule has 0 spiro atoms. The number of fused-ring (bicyclic) bond motifs is 1. The lowest BCUT2D eigenvalue weighted by Crippen LogP contribution is -2.45. The van der Waals surface area contributed by atoms with Gasteiger partial charge in [-0.1, -0.05) is 35.9 Å². The number of carbonyl (C=O) groups excluding carboxylic acids is 2. The SMILES string of the molecule is C[C@H](NC(=O)[C@@H]1CCC(=O)N1Cc1ccccc1Cl)c1ccc2c(c1)OCCO2. The van der Waals surface area contributed by atoms with Gasteiger partial charge in [0.2, 0.25) is 11.8 Å². The van der Waals surface area contributed by atoms with Crippen LogP contribution in [0.3, 0.4) is 0 Å². The van der Waals surface area contributed by atoms with Crippen molar-refractivity contribution in [1.29, 1.82) is 0 Å². The van der Waals surface area contributed by atoms with E-state index in [1.165, 1.54) is 0 Å². The largest absolute Gasteiger partial charge is 0.486 e. The molecule has 2 atom stereocenters. The van der Waals surface area contributed by atoms with Gasteiger partial charge in [-0.15, -0.1) is 0 Å². The van der Waals surface area contributed by atoms with E-state index in [-0.39, 0.29) is 17.9 Å². The van der Waals surface area contributed by atoms with Crippen molar-refractivity contribution in [3.63, 3.8) is 0 Å². The van der Waals surface area contributed by atoms with Gasteiger partial charge in [0.25, 0.3) is 0 Å². The zero-order valence-electron chi connectivity index (χ0n) is 16.2. The summed E-state index contributed by atoms with van der Waals surface area (Å²) in [5.74, 6) is 1.21. The molecule has 6 nitrogen and oxygen atoms in total. The fraction of sp³-hybridized carbons (Fsp3) is 0.364. The van der Waals surface area contributed by atoms with Gasteiger partial charge in [-0.25, -0.2) is 0 Å². The maximum atomic E-state index is 13.0. The molecule has 1 fully saturated rings. The van der Waals surface area contributed by atoms with E-state index >= 15 is 0 Å². The van der Waals surface area contributed by atoms with Crippen LogP contribution in [-0.2, 0) is 16.1 Å². The fourth-order valence-electron chi connectivity index (χ4n) is 3.74. The van der Waals surface area contributed by atoms with Crippen LogP contribution in [0.25, 0.3) is 0 Å². The summed E-state index contributed by atoms with van der Waals surface area (Å²) >= 11 is 6.24. The Hall–Kier alpha value is -2.73. The minimum absolute atomic E-state index is 0.0305. The summed E-state index contributed by atoms with van der Waals surface area (Å²) in [5, 5.41) is 3.63. The van der Waals surface area contributed by atoms with Gasteiger partial charge in [-0.05, 0) is 42.7 Å². The molecule has 4 rings (SSSR count). The second-order valence-electron chi connectivity index (χ2n) is 7.30. The van der Waals surface area contributed by atoms with Crippen LogP contribution in [0.15, 0.2) is 42.5 Å². The van der Waals surface area contributed by atoms with Crippen LogP contribution in [0.1, 0.15) is 36.9 Å². The van der Waals surface area contributed by atoms with E-state index in [0.717, 1.165) is 11.1 Å². The van der Waals surface area contributed by atoms with Gasteiger partial charge in [0, 0.05) is 18.0 Å². The van der Waals surface area contributed by atoms with Crippen LogP contribution >= 0.6 is 11.6 Å². The van der Waals surface area contributed by atoms with Gasteiger partial charge < -0.3 is 19.7 Å². The average molecular weight is 415 g/mol. The molecule has 0 unspecified atom stereocenters. The normalized spacial score (nSPS) is 19.2. The fourth-order valence-corrected chi connectivity index (χ4v) is 3.93. The summed E-state index contributed by atoms with van der Waals surface area (Å²) in [7, 11) is 0. The molecule has 1 N–H and O–H groups in total. The van der Waals surface area contributed by atoms with Crippen molar-refractivity contribution in [2.75, 3.05) is 13.2 Å². The van der Waals surface area contributed by atoms with E-state index in [1.807, 2.05) is 43.3 Å². The maximum Gasteiger partial charge on any atom is 0.243 e. The molecule has 0 saturated carbocycles. The standard InChI is InChI=1S/C22H23ClN2O4/c1-14(15-6-8-19-20(12-15)29-11-10-28-19)24-22(27)18-7-9-21(26)25(18)13-16-4-2-3-5-17(16)23/h2-6,8,12,14,18H,7,9-11,13H2,1H3,(H,24,27)/t14-,18-/m0/s1. The van der Waals surface area contributed by atoms with Crippen LogP contribution in [-0.4, -0.2) is 36.0 Å². The molecule has 2 aromatic carbocycles. The van der Waals surface area contributed by atoms with Gasteiger partial charge in [0.05, 0.1) is 6.04 Å². The van der Waals surface area contributed by atoms with Crippen molar-refractivity contribution < 1.29 is 19.1 Å². The lowest BCUT2D eigenvalue weighted by molar-refractivity contribution is -0.136. The molecule has 7 heteroatoms. The number of benzene rings is 2. The van der Waals surface area contributed by atoms with Gasteiger partial charge >= 0.3 is 0 Å². The predicted octanol–water partition coefficient (Wildman–Crippen LogP) is 3.48. The zero-order chi connectivity index (χ0) is 20.4. The Balaban J connectivity index is 1.45. The third-order valence-corrected chi connectivity index (χ3v) is 5.72. The lowest BCUT2D eigenvalue weighted by atomic mass is 10.1.